The van der Waals surface area contributed by atoms with E-state index in [1.165, 1.54) is 0 Å². The number of aryl methyl sites for hydroxylation is 1. The number of anilines is 3. The van der Waals surface area contributed by atoms with Gasteiger partial charge in [-0.1, -0.05) is 45.0 Å². The second-order valence-electron chi connectivity index (χ2n) is 18.4. The van der Waals surface area contributed by atoms with Gasteiger partial charge in [-0.05, 0) is 90.6 Å². The fourth-order valence-electron chi connectivity index (χ4n) is 9.06. The normalized spacial score (nSPS) is 18.5. The van der Waals surface area contributed by atoms with Gasteiger partial charge in [0.2, 0.25) is 17.8 Å². The number of carbonyl (C=O) groups excluding carboxylic acids is 5. The maximum absolute atomic E-state index is 15.1. The van der Waals surface area contributed by atoms with Crippen LogP contribution in [0.5, 0.6) is 0 Å². The zero-order chi connectivity index (χ0) is 44.9. The van der Waals surface area contributed by atoms with Gasteiger partial charge in [0.05, 0.1) is 35.2 Å². The van der Waals surface area contributed by atoms with Gasteiger partial charge in [0.25, 0.3) is 17.7 Å². The first-order valence-corrected chi connectivity index (χ1v) is 21.8. The van der Waals surface area contributed by atoms with E-state index in [1.807, 2.05) is 60.3 Å². The number of carbonyl (C=O) groups is 5. The molecule has 0 aliphatic carbocycles. The highest BCUT2D eigenvalue weighted by atomic mass is 19.1. The molecule has 0 radical (unpaired) electrons. The van der Waals surface area contributed by atoms with Gasteiger partial charge in [-0.3, -0.25) is 43.8 Å². The number of hydrogen-bond acceptors (Lipinski definition) is 11. The van der Waals surface area contributed by atoms with Gasteiger partial charge >= 0.3 is 0 Å². The molecule has 3 aromatic carbocycles. The Morgan fingerprint density at radius 3 is 2.38 bits per heavy atom. The number of likely N-dealkylation sites (tertiary alicyclic amines) is 1. The Hall–Kier alpha value is -6.81. The van der Waals surface area contributed by atoms with Crippen molar-refractivity contribution in [2.75, 3.05) is 42.9 Å². The second kappa shape index (κ2) is 17.1. The van der Waals surface area contributed by atoms with Crippen molar-refractivity contribution in [2.45, 2.75) is 77.4 Å². The number of aromatic nitrogens is 4. The summed E-state index contributed by atoms with van der Waals surface area (Å²) in [4.78, 5) is 77.8. The monoisotopic (exact) mass is 866 g/mol. The largest absolute Gasteiger partial charge is 0.371 e. The van der Waals surface area contributed by atoms with Crippen molar-refractivity contribution < 1.29 is 28.4 Å². The first kappa shape index (κ1) is 42.5. The number of piperidine rings is 2. The minimum atomic E-state index is -0.984. The number of fused-ring (bicyclic) bond motifs is 1. The summed E-state index contributed by atoms with van der Waals surface area (Å²) in [7, 11) is 0. The summed E-state index contributed by atoms with van der Waals surface area (Å²) in [5.41, 5.74) is 6.48. The van der Waals surface area contributed by atoms with E-state index in [2.05, 4.69) is 61.6 Å². The molecule has 3 fully saturated rings. The van der Waals surface area contributed by atoms with Crippen LogP contribution in [0.25, 0.3) is 11.3 Å². The zero-order valence-corrected chi connectivity index (χ0v) is 36.4. The lowest BCUT2D eigenvalue weighted by Gasteiger charge is -2.43. The first-order valence-electron chi connectivity index (χ1n) is 21.8. The van der Waals surface area contributed by atoms with Crippen molar-refractivity contribution in [3.63, 3.8) is 0 Å². The number of nitrogens with one attached hydrogen (secondary N) is 3. The SMILES string of the molecule is Cc1cc(-c2nc(Nc3cnn(C4CN(CC5CCN(c6ccc7c(c6)C(=O)N(C6CCC(=O)NC6=O)C7=O)CC5)C4)c3)ncc2F)ccc1CNC(=O)c1ccc(C(C)(C)C)cc1. The van der Waals surface area contributed by atoms with E-state index in [1.54, 1.807) is 24.4 Å². The van der Waals surface area contributed by atoms with E-state index in [0.29, 0.717) is 34.8 Å². The molecule has 16 heteroatoms. The van der Waals surface area contributed by atoms with Crippen LogP contribution in [-0.4, -0.2) is 97.8 Å². The maximum Gasteiger partial charge on any atom is 0.262 e. The fourth-order valence-corrected chi connectivity index (χ4v) is 9.06. The molecule has 0 bridgehead atoms. The van der Waals surface area contributed by atoms with E-state index in [4.69, 9.17) is 0 Å². The second-order valence-corrected chi connectivity index (χ2v) is 18.4. The minimum absolute atomic E-state index is 0.00251. The number of imide groups is 2. The maximum atomic E-state index is 15.1. The van der Waals surface area contributed by atoms with Gasteiger partial charge in [0.1, 0.15) is 11.7 Å². The molecule has 4 aliphatic rings. The Morgan fingerprint density at radius 2 is 1.66 bits per heavy atom. The number of benzene rings is 3. The van der Waals surface area contributed by atoms with Crippen LogP contribution >= 0.6 is 0 Å². The molecule has 5 aromatic rings. The lowest BCUT2D eigenvalue weighted by molar-refractivity contribution is -0.136. The van der Waals surface area contributed by atoms with Crippen molar-refractivity contribution in [1.29, 1.82) is 0 Å². The Balaban J connectivity index is 0.739. The van der Waals surface area contributed by atoms with Crippen molar-refractivity contribution >= 4 is 46.9 Å². The highest BCUT2D eigenvalue weighted by molar-refractivity contribution is 6.23. The molecule has 330 valence electrons. The minimum Gasteiger partial charge on any atom is -0.371 e. The lowest BCUT2D eigenvalue weighted by atomic mass is 9.87. The molecule has 0 spiro atoms. The van der Waals surface area contributed by atoms with Gasteiger partial charge in [0.15, 0.2) is 5.82 Å². The molecule has 2 aromatic heterocycles. The smallest absolute Gasteiger partial charge is 0.262 e. The molecule has 3 N–H and O–H groups in total. The van der Waals surface area contributed by atoms with E-state index < -0.39 is 35.5 Å². The van der Waals surface area contributed by atoms with Crippen molar-refractivity contribution in [1.82, 2.24) is 40.2 Å². The van der Waals surface area contributed by atoms with Crippen LogP contribution in [0.2, 0.25) is 0 Å². The molecule has 4 aliphatic heterocycles. The van der Waals surface area contributed by atoms with Gasteiger partial charge in [0, 0.05) is 68.7 Å². The summed E-state index contributed by atoms with van der Waals surface area (Å²) in [5.74, 6) is -1.95. The van der Waals surface area contributed by atoms with Crippen LogP contribution in [0.15, 0.2) is 79.3 Å². The molecule has 15 nitrogen and oxygen atoms in total. The summed E-state index contributed by atoms with van der Waals surface area (Å²) in [6.07, 6.45) is 6.96. The number of hydrogen-bond donors (Lipinski definition) is 3. The van der Waals surface area contributed by atoms with E-state index >= 15 is 4.39 Å². The average molecular weight is 867 g/mol. The third-order valence-corrected chi connectivity index (χ3v) is 12.9. The van der Waals surface area contributed by atoms with Gasteiger partial charge in [-0.15, -0.1) is 0 Å². The number of nitrogens with zero attached hydrogens (tertiary/aromatic N) is 7. The van der Waals surface area contributed by atoms with Crippen LogP contribution in [0, 0.1) is 18.7 Å². The first-order chi connectivity index (χ1) is 30.7. The molecule has 1 atom stereocenters. The van der Waals surface area contributed by atoms with Crippen LogP contribution < -0.4 is 20.9 Å². The molecule has 3 saturated heterocycles. The van der Waals surface area contributed by atoms with Crippen LogP contribution in [-0.2, 0) is 21.5 Å². The predicted octanol–water partition coefficient (Wildman–Crippen LogP) is 5.93. The van der Waals surface area contributed by atoms with Crippen molar-refractivity contribution in [2.24, 2.45) is 5.92 Å². The van der Waals surface area contributed by atoms with Crippen LogP contribution in [0.1, 0.15) is 100 Å². The lowest BCUT2D eigenvalue weighted by Crippen LogP contribution is -2.54. The quantitative estimate of drug-likeness (QED) is 0.134. The standard InChI is InChI=1S/C48H51FN10O5/c1-28-19-31(5-6-32(28)21-50-43(61)30-7-9-33(10-8-30)48(2,3)4)42-39(49)23-51-47(55-42)53-34-22-52-58(25-34)36-26-56(27-36)24-29-15-17-57(18-16-29)35-11-12-37-38(20-35)46(64)59(45(37)63)40-13-14-41(60)54-44(40)62/h5-12,19-20,22-23,25,29,36,40H,13-18,21,24,26-27H2,1-4H3,(H,50,61)(H,51,53,55)(H,54,60,62). The van der Waals surface area contributed by atoms with E-state index in [9.17, 15) is 24.0 Å². The molecule has 1 unspecified atom stereocenters. The molecule has 9 rings (SSSR count). The Labute approximate surface area is 370 Å². The van der Waals surface area contributed by atoms with E-state index in [-0.39, 0.29) is 47.4 Å². The highest BCUT2D eigenvalue weighted by Crippen LogP contribution is 2.34. The third-order valence-electron chi connectivity index (χ3n) is 12.9. The number of halogens is 1. The number of rotatable bonds is 11. The molecule has 5 amide bonds. The summed E-state index contributed by atoms with van der Waals surface area (Å²) >= 11 is 0. The third kappa shape index (κ3) is 8.61. The molecular formula is C48H51FN10O5. The number of amides is 5. The highest BCUT2D eigenvalue weighted by Gasteiger charge is 2.45. The van der Waals surface area contributed by atoms with E-state index in [0.717, 1.165) is 79.0 Å². The van der Waals surface area contributed by atoms with Crippen LogP contribution in [0.4, 0.5) is 21.7 Å². The summed E-state index contributed by atoms with van der Waals surface area (Å²) in [6, 6.07) is 17.7. The fraction of sp³-hybridized carbons (Fsp3) is 0.375. The Kier molecular flexibility index (Phi) is 11.3. The predicted molar refractivity (Wildman–Crippen MR) is 238 cm³/mol. The van der Waals surface area contributed by atoms with Gasteiger partial charge < -0.3 is 15.5 Å². The van der Waals surface area contributed by atoms with Gasteiger partial charge in [-0.25, -0.2) is 14.4 Å². The topological polar surface area (TPSA) is 175 Å². The molecular weight excluding hydrogens is 816 g/mol. The van der Waals surface area contributed by atoms with Crippen molar-refractivity contribution in [3.8, 4) is 11.3 Å². The Morgan fingerprint density at radius 1 is 0.906 bits per heavy atom. The molecule has 0 saturated carbocycles. The average Bonchev–Trinajstić information content (AvgIpc) is 3.82. The molecule has 64 heavy (non-hydrogen) atoms. The summed E-state index contributed by atoms with van der Waals surface area (Å²) in [6.45, 7) is 13.0. The summed E-state index contributed by atoms with van der Waals surface area (Å²) in [5, 5.41) is 13.0. The summed E-state index contributed by atoms with van der Waals surface area (Å²) < 4.78 is 17.1. The van der Waals surface area contributed by atoms with Crippen LogP contribution in [0.3, 0.4) is 0 Å². The zero-order valence-electron chi connectivity index (χ0n) is 36.4. The molecule has 6 heterocycles. The van der Waals surface area contributed by atoms with Crippen molar-refractivity contribution in [3.05, 3.63) is 118 Å². The Bertz CT molecular complexity index is 2660. The van der Waals surface area contributed by atoms with Gasteiger partial charge in [-0.2, -0.15) is 5.10 Å².